The number of nitrogens with zero attached hydrogens (tertiary/aromatic N) is 2. The van der Waals surface area contributed by atoms with Gasteiger partial charge in [-0.2, -0.15) is 0 Å². The zero-order valence-electron chi connectivity index (χ0n) is 11.9. The molecule has 2 amide bonds. The minimum Gasteiger partial charge on any atom is -0.480 e. The van der Waals surface area contributed by atoms with Gasteiger partial charge in [-0.3, -0.25) is 9.59 Å². The summed E-state index contributed by atoms with van der Waals surface area (Å²) in [4.78, 5) is 38.1. The van der Waals surface area contributed by atoms with Crippen molar-refractivity contribution in [2.75, 3.05) is 33.4 Å². The number of β-amino-alcohol motifs (C(OH)–C–C–N with tert-alkyl or cyclic N) is 1. The van der Waals surface area contributed by atoms with Crippen molar-refractivity contribution in [1.82, 2.24) is 9.80 Å². The first-order valence-corrected chi connectivity index (χ1v) is 6.92. The van der Waals surface area contributed by atoms with Crippen molar-refractivity contribution in [3.05, 3.63) is 0 Å². The molecule has 0 aromatic heterocycles. The Hall–Kier alpha value is -1.67. The summed E-state index contributed by atoms with van der Waals surface area (Å²) >= 11 is 0. The van der Waals surface area contributed by atoms with Gasteiger partial charge in [-0.25, -0.2) is 4.79 Å². The Labute approximate surface area is 122 Å². The van der Waals surface area contributed by atoms with Gasteiger partial charge in [-0.15, -0.1) is 0 Å². The van der Waals surface area contributed by atoms with E-state index in [0.717, 1.165) is 0 Å². The maximum atomic E-state index is 12.4. The van der Waals surface area contributed by atoms with Crippen LogP contribution in [0.1, 0.15) is 12.8 Å². The van der Waals surface area contributed by atoms with Gasteiger partial charge in [0.25, 0.3) is 0 Å². The number of methoxy groups -OCH3 is 1. The number of carbonyl (C=O) groups excluding carboxylic acids is 2. The molecule has 0 aliphatic carbocycles. The van der Waals surface area contributed by atoms with Crippen molar-refractivity contribution in [2.24, 2.45) is 5.92 Å². The normalized spacial score (nSPS) is 29.2. The van der Waals surface area contributed by atoms with Crippen LogP contribution in [0.15, 0.2) is 0 Å². The molecule has 2 aliphatic rings. The molecule has 2 heterocycles. The number of likely N-dealkylation sites (tertiary alicyclic amines) is 2. The lowest BCUT2D eigenvalue weighted by molar-refractivity contribution is -0.149. The highest BCUT2D eigenvalue weighted by Gasteiger charge is 2.44. The first-order valence-electron chi connectivity index (χ1n) is 6.92. The Morgan fingerprint density at radius 2 is 2.10 bits per heavy atom. The predicted molar refractivity (Wildman–Crippen MR) is 70.3 cm³/mol. The van der Waals surface area contributed by atoms with Crippen LogP contribution in [-0.2, 0) is 19.1 Å². The summed E-state index contributed by atoms with van der Waals surface area (Å²) in [5.74, 6) is -2.16. The fourth-order valence-electron chi connectivity index (χ4n) is 2.88. The van der Waals surface area contributed by atoms with E-state index in [1.807, 2.05) is 0 Å². The minimum absolute atomic E-state index is 0.0125. The third-order valence-corrected chi connectivity index (χ3v) is 3.98. The summed E-state index contributed by atoms with van der Waals surface area (Å²) in [6.45, 7) is 1.11. The van der Waals surface area contributed by atoms with Gasteiger partial charge in [-0.1, -0.05) is 0 Å². The van der Waals surface area contributed by atoms with Gasteiger partial charge >= 0.3 is 5.97 Å². The molecule has 2 N–H and O–H groups in total. The van der Waals surface area contributed by atoms with Crippen LogP contribution in [0.25, 0.3) is 0 Å². The molecule has 1 unspecified atom stereocenters. The molecule has 0 radical (unpaired) electrons. The number of aliphatic hydroxyl groups is 1. The lowest BCUT2D eigenvalue weighted by Gasteiger charge is -2.24. The molecule has 2 saturated heterocycles. The van der Waals surface area contributed by atoms with Crippen LogP contribution in [0.5, 0.6) is 0 Å². The van der Waals surface area contributed by atoms with Crippen LogP contribution in [0, 0.1) is 5.92 Å². The smallest absolute Gasteiger partial charge is 0.326 e. The van der Waals surface area contributed by atoms with E-state index in [2.05, 4.69) is 0 Å². The van der Waals surface area contributed by atoms with Crippen LogP contribution in [-0.4, -0.2) is 83.3 Å². The zero-order chi connectivity index (χ0) is 15.6. The molecule has 0 bridgehead atoms. The van der Waals surface area contributed by atoms with Crippen LogP contribution in [0.2, 0.25) is 0 Å². The van der Waals surface area contributed by atoms with Crippen LogP contribution in [0.4, 0.5) is 0 Å². The standard InChI is InChI=1S/C13H20N2O6/c1-21-3-2-14-6-8(4-11(14)17)12(18)15-7-9(16)5-10(15)13(19)20/h8-10,16H,2-7H2,1H3,(H,19,20)/t8?,9-,10+/m1/s1. The van der Waals surface area contributed by atoms with E-state index < -0.39 is 24.0 Å². The van der Waals surface area contributed by atoms with Crippen LogP contribution < -0.4 is 0 Å². The van der Waals surface area contributed by atoms with Crippen LogP contribution >= 0.6 is 0 Å². The first-order chi connectivity index (χ1) is 9.93. The van der Waals surface area contributed by atoms with E-state index in [4.69, 9.17) is 9.84 Å². The lowest BCUT2D eigenvalue weighted by atomic mass is 10.1. The molecule has 8 heteroatoms. The van der Waals surface area contributed by atoms with Crippen molar-refractivity contribution in [3.63, 3.8) is 0 Å². The Balaban J connectivity index is 2.00. The first kappa shape index (κ1) is 15.7. The number of carbonyl (C=O) groups is 3. The van der Waals surface area contributed by atoms with Crippen molar-refractivity contribution in [1.29, 1.82) is 0 Å². The second-order valence-corrected chi connectivity index (χ2v) is 5.47. The molecule has 8 nitrogen and oxygen atoms in total. The number of aliphatic hydroxyl groups excluding tert-OH is 1. The molecule has 0 aromatic carbocycles. The molecule has 0 spiro atoms. The second kappa shape index (κ2) is 6.40. The molecular formula is C13H20N2O6. The van der Waals surface area contributed by atoms with Gasteiger partial charge < -0.3 is 24.7 Å². The maximum Gasteiger partial charge on any atom is 0.326 e. The van der Waals surface area contributed by atoms with Gasteiger partial charge in [0.15, 0.2) is 0 Å². The highest BCUT2D eigenvalue weighted by atomic mass is 16.5. The van der Waals surface area contributed by atoms with E-state index in [-0.39, 0.29) is 37.7 Å². The fraction of sp³-hybridized carbons (Fsp3) is 0.769. The van der Waals surface area contributed by atoms with E-state index >= 15 is 0 Å². The Morgan fingerprint density at radius 1 is 1.38 bits per heavy atom. The number of carboxylic acids is 1. The summed E-state index contributed by atoms with van der Waals surface area (Å²) in [5, 5.41) is 18.7. The SMILES string of the molecule is COCCN1CC(C(=O)N2C[C@H](O)C[C@H]2C(=O)O)CC1=O. The van der Waals surface area contributed by atoms with Gasteiger partial charge in [0.05, 0.1) is 18.6 Å². The Morgan fingerprint density at radius 3 is 2.71 bits per heavy atom. The number of amides is 2. The number of rotatable bonds is 5. The second-order valence-electron chi connectivity index (χ2n) is 5.47. The summed E-state index contributed by atoms with van der Waals surface area (Å²) < 4.78 is 4.91. The van der Waals surface area contributed by atoms with Crippen LogP contribution in [0.3, 0.4) is 0 Å². The fourth-order valence-corrected chi connectivity index (χ4v) is 2.88. The molecule has 0 saturated carbocycles. The third kappa shape index (κ3) is 3.33. The maximum absolute atomic E-state index is 12.4. The average molecular weight is 300 g/mol. The third-order valence-electron chi connectivity index (χ3n) is 3.98. The number of carboxylic acid groups (broad SMARTS) is 1. The molecule has 118 valence electrons. The van der Waals surface area contributed by atoms with Gasteiger partial charge in [0.1, 0.15) is 6.04 Å². The topological polar surface area (TPSA) is 107 Å². The summed E-state index contributed by atoms with van der Waals surface area (Å²) in [6.07, 6.45) is -0.701. The lowest BCUT2D eigenvalue weighted by Crippen LogP contribution is -2.44. The summed E-state index contributed by atoms with van der Waals surface area (Å²) in [5.41, 5.74) is 0. The van der Waals surface area contributed by atoms with E-state index in [0.29, 0.717) is 13.2 Å². The van der Waals surface area contributed by atoms with Crippen molar-refractivity contribution < 1.29 is 29.3 Å². The van der Waals surface area contributed by atoms with E-state index in [9.17, 15) is 19.5 Å². The zero-order valence-corrected chi connectivity index (χ0v) is 11.9. The summed E-state index contributed by atoms with van der Waals surface area (Å²) in [7, 11) is 1.53. The van der Waals surface area contributed by atoms with Crippen molar-refractivity contribution in [2.45, 2.75) is 25.0 Å². The van der Waals surface area contributed by atoms with E-state index in [1.54, 1.807) is 4.90 Å². The molecular weight excluding hydrogens is 280 g/mol. The molecule has 2 rings (SSSR count). The highest BCUT2D eigenvalue weighted by Crippen LogP contribution is 2.25. The monoisotopic (exact) mass is 300 g/mol. The average Bonchev–Trinajstić information content (AvgIpc) is 2.99. The van der Waals surface area contributed by atoms with Crippen molar-refractivity contribution in [3.8, 4) is 0 Å². The van der Waals surface area contributed by atoms with E-state index in [1.165, 1.54) is 12.0 Å². The number of hydrogen-bond donors (Lipinski definition) is 2. The van der Waals surface area contributed by atoms with Crippen molar-refractivity contribution >= 4 is 17.8 Å². The highest BCUT2D eigenvalue weighted by molar-refractivity contribution is 5.91. The number of ether oxygens (including phenoxy) is 1. The molecule has 2 fully saturated rings. The van der Waals surface area contributed by atoms with Gasteiger partial charge in [-0.05, 0) is 0 Å². The quantitative estimate of drug-likeness (QED) is 0.642. The number of aliphatic carboxylic acids is 1. The van der Waals surface area contributed by atoms with Gasteiger partial charge in [0.2, 0.25) is 11.8 Å². The molecule has 21 heavy (non-hydrogen) atoms. The minimum atomic E-state index is -1.12. The molecule has 0 aromatic rings. The summed E-state index contributed by atoms with van der Waals surface area (Å²) in [6, 6.07) is -1.00. The molecule has 2 aliphatic heterocycles. The van der Waals surface area contributed by atoms with Gasteiger partial charge in [0, 0.05) is 39.6 Å². The Bertz CT molecular complexity index is 440. The number of hydrogen-bond acceptors (Lipinski definition) is 5. The molecule has 3 atom stereocenters. The Kier molecular flexibility index (Phi) is 4.79. The predicted octanol–water partition coefficient (Wildman–Crippen LogP) is -1.47. The largest absolute Gasteiger partial charge is 0.480 e.